The number of H-pyrrole nitrogens is 1. The Balaban J connectivity index is 2.60. The fraction of sp³-hybridized carbons (Fsp3) is 0.312. The van der Waals surface area contributed by atoms with Crippen molar-refractivity contribution in [3.8, 4) is 11.3 Å². The van der Waals surface area contributed by atoms with E-state index in [1.807, 2.05) is 19.1 Å². The first-order valence-corrected chi connectivity index (χ1v) is 6.64. The summed E-state index contributed by atoms with van der Waals surface area (Å²) in [6.45, 7) is 3.79. The van der Waals surface area contributed by atoms with Crippen LogP contribution in [0.5, 0.6) is 0 Å². The lowest BCUT2D eigenvalue weighted by Gasteiger charge is -2.15. The molecular weight excluding hydrogens is 255 g/mol. The lowest BCUT2D eigenvalue weighted by Crippen LogP contribution is -2.13. The predicted octanol–water partition coefficient (Wildman–Crippen LogP) is 3.12. The van der Waals surface area contributed by atoms with Crippen molar-refractivity contribution in [1.82, 2.24) is 4.98 Å². The highest BCUT2D eigenvalue weighted by Gasteiger charge is 2.11. The van der Waals surface area contributed by atoms with Crippen LogP contribution in [-0.2, 0) is 6.42 Å². The molecule has 0 spiro atoms. The first kappa shape index (κ1) is 14.3. The number of hydrogen-bond acceptors (Lipinski definition) is 2. The summed E-state index contributed by atoms with van der Waals surface area (Å²) in [5, 5.41) is 0. The Labute approximate surface area is 118 Å². The van der Waals surface area contributed by atoms with E-state index in [0.29, 0.717) is 22.5 Å². The molecule has 0 aliphatic heterocycles. The maximum absolute atomic E-state index is 14.1. The van der Waals surface area contributed by atoms with Crippen LogP contribution >= 0.6 is 0 Å². The van der Waals surface area contributed by atoms with Crippen molar-refractivity contribution in [3.05, 3.63) is 51.6 Å². The summed E-state index contributed by atoms with van der Waals surface area (Å²) in [4.78, 5) is 16.4. The molecule has 1 N–H and O–H groups in total. The zero-order chi connectivity index (χ0) is 14.9. The van der Waals surface area contributed by atoms with Gasteiger partial charge in [-0.3, -0.25) is 4.79 Å². The van der Waals surface area contributed by atoms with Gasteiger partial charge in [0.25, 0.3) is 5.56 Å². The van der Waals surface area contributed by atoms with Crippen LogP contribution in [0, 0.1) is 12.7 Å². The van der Waals surface area contributed by atoms with E-state index in [1.54, 1.807) is 32.0 Å². The second-order valence-corrected chi connectivity index (χ2v) is 5.10. The van der Waals surface area contributed by atoms with Crippen LogP contribution in [0.2, 0.25) is 0 Å². The zero-order valence-corrected chi connectivity index (χ0v) is 12.2. The molecule has 0 aliphatic rings. The average molecular weight is 274 g/mol. The van der Waals surface area contributed by atoms with Gasteiger partial charge in [-0.15, -0.1) is 0 Å². The van der Waals surface area contributed by atoms with Crippen molar-refractivity contribution < 1.29 is 4.39 Å². The summed E-state index contributed by atoms with van der Waals surface area (Å²) in [6, 6.07) is 6.89. The van der Waals surface area contributed by atoms with Gasteiger partial charge in [-0.25, -0.2) is 4.39 Å². The first-order valence-electron chi connectivity index (χ1n) is 6.64. The number of nitrogens with one attached hydrogen (secondary N) is 1. The third-order valence-electron chi connectivity index (χ3n) is 3.41. The minimum absolute atomic E-state index is 0.130. The van der Waals surface area contributed by atoms with Crippen molar-refractivity contribution >= 4 is 5.69 Å². The second-order valence-electron chi connectivity index (χ2n) is 5.10. The van der Waals surface area contributed by atoms with E-state index < -0.39 is 0 Å². The van der Waals surface area contributed by atoms with Crippen molar-refractivity contribution in [3.63, 3.8) is 0 Å². The topological polar surface area (TPSA) is 36.1 Å². The molecule has 1 aromatic carbocycles. The average Bonchev–Trinajstić information content (AvgIpc) is 2.40. The van der Waals surface area contributed by atoms with Gasteiger partial charge in [0.05, 0.1) is 11.4 Å². The van der Waals surface area contributed by atoms with E-state index in [0.717, 1.165) is 12.0 Å². The van der Waals surface area contributed by atoms with E-state index in [1.165, 1.54) is 6.07 Å². The number of aromatic amines is 1. The van der Waals surface area contributed by atoms with Gasteiger partial charge in [-0.05, 0) is 37.1 Å². The lowest BCUT2D eigenvalue weighted by atomic mass is 10.0. The molecule has 4 heteroatoms. The van der Waals surface area contributed by atoms with Crippen molar-refractivity contribution in [2.24, 2.45) is 0 Å². The maximum Gasteiger partial charge on any atom is 0.251 e. The molecular formula is C16H19FN2O. The summed E-state index contributed by atoms with van der Waals surface area (Å²) in [5.74, 6) is -0.295. The number of anilines is 1. The number of benzene rings is 1. The Bertz CT molecular complexity index is 689. The van der Waals surface area contributed by atoms with Crippen molar-refractivity contribution in [2.45, 2.75) is 20.3 Å². The largest absolute Gasteiger partial charge is 0.375 e. The fourth-order valence-electron chi connectivity index (χ4n) is 2.25. The van der Waals surface area contributed by atoms with E-state index in [9.17, 15) is 9.18 Å². The van der Waals surface area contributed by atoms with E-state index >= 15 is 0 Å². The second kappa shape index (κ2) is 5.49. The quantitative estimate of drug-likeness (QED) is 0.933. The van der Waals surface area contributed by atoms with Gasteiger partial charge in [0.1, 0.15) is 5.82 Å². The van der Waals surface area contributed by atoms with E-state index in [4.69, 9.17) is 0 Å². The third-order valence-corrected chi connectivity index (χ3v) is 3.41. The molecule has 106 valence electrons. The number of aryl methyl sites for hydroxylation is 2. The standard InChI is InChI=1S/C16H19FN2O/c1-5-11-8-10(2)16(20)18-15(11)12-6-7-14(19(3)4)13(17)9-12/h6-9H,5H2,1-4H3,(H,18,20). The Morgan fingerprint density at radius 1 is 1.25 bits per heavy atom. The van der Waals surface area contributed by atoms with Gasteiger partial charge in [-0.1, -0.05) is 13.0 Å². The molecule has 0 unspecified atom stereocenters. The monoisotopic (exact) mass is 274 g/mol. The van der Waals surface area contributed by atoms with E-state index in [-0.39, 0.29) is 11.4 Å². The van der Waals surface area contributed by atoms with Gasteiger partial charge in [0.2, 0.25) is 0 Å². The predicted molar refractivity (Wildman–Crippen MR) is 80.9 cm³/mol. The van der Waals surface area contributed by atoms with Crippen LogP contribution in [0.1, 0.15) is 18.1 Å². The SMILES string of the molecule is CCc1cc(C)c(=O)[nH]c1-c1ccc(N(C)C)c(F)c1. The minimum Gasteiger partial charge on any atom is -0.375 e. The number of rotatable bonds is 3. The molecule has 20 heavy (non-hydrogen) atoms. The summed E-state index contributed by atoms with van der Waals surface area (Å²) in [7, 11) is 3.59. The highest BCUT2D eigenvalue weighted by molar-refractivity contribution is 5.66. The maximum atomic E-state index is 14.1. The summed E-state index contributed by atoms with van der Waals surface area (Å²) < 4.78 is 14.1. The summed E-state index contributed by atoms with van der Waals surface area (Å²) >= 11 is 0. The van der Waals surface area contributed by atoms with Crippen LogP contribution in [0.15, 0.2) is 29.1 Å². The van der Waals surface area contributed by atoms with Gasteiger partial charge in [-0.2, -0.15) is 0 Å². The van der Waals surface area contributed by atoms with Crippen LogP contribution in [0.25, 0.3) is 11.3 Å². The number of aromatic nitrogens is 1. The fourth-order valence-corrected chi connectivity index (χ4v) is 2.25. The summed E-state index contributed by atoms with van der Waals surface area (Å²) in [5.41, 5.74) is 3.49. The van der Waals surface area contributed by atoms with Crippen LogP contribution in [0.3, 0.4) is 0 Å². The van der Waals surface area contributed by atoms with Crippen LogP contribution in [-0.4, -0.2) is 19.1 Å². The van der Waals surface area contributed by atoms with E-state index in [2.05, 4.69) is 4.98 Å². The molecule has 0 radical (unpaired) electrons. The lowest BCUT2D eigenvalue weighted by molar-refractivity contribution is 0.626. The molecule has 0 aliphatic carbocycles. The smallest absolute Gasteiger partial charge is 0.251 e. The van der Waals surface area contributed by atoms with Gasteiger partial charge in [0, 0.05) is 25.2 Å². The van der Waals surface area contributed by atoms with Crippen molar-refractivity contribution in [2.75, 3.05) is 19.0 Å². The van der Waals surface area contributed by atoms with Gasteiger partial charge in [0.15, 0.2) is 0 Å². The molecule has 3 nitrogen and oxygen atoms in total. The molecule has 0 bridgehead atoms. The third kappa shape index (κ3) is 2.59. The normalized spacial score (nSPS) is 10.7. The Morgan fingerprint density at radius 2 is 1.95 bits per heavy atom. The highest BCUT2D eigenvalue weighted by atomic mass is 19.1. The first-order chi connectivity index (χ1) is 9.43. The molecule has 0 atom stereocenters. The van der Waals surface area contributed by atoms with Gasteiger partial charge >= 0.3 is 0 Å². The van der Waals surface area contributed by atoms with Crippen LogP contribution < -0.4 is 10.5 Å². The van der Waals surface area contributed by atoms with Gasteiger partial charge < -0.3 is 9.88 Å². The number of pyridine rings is 1. The van der Waals surface area contributed by atoms with Crippen molar-refractivity contribution in [1.29, 1.82) is 0 Å². The molecule has 0 fully saturated rings. The zero-order valence-electron chi connectivity index (χ0n) is 12.2. The molecule has 2 rings (SSSR count). The molecule has 1 aromatic heterocycles. The molecule has 0 amide bonds. The number of hydrogen-bond donors (Lipinski definition) is 1. The highest BCUT2D eigenvalue weighted by Crippen LogP contribution is 2.26. The molecule has 2 aromatic rings. The number of nitrogens with zero attached hydrogens (tertiary/aromatic N) is 1. The Morgan fingerprint density at radius 3 is 2.50 bits per heavy atom. The Kier molecular flexibility index (Phi) is 3.93. The molecule has 1 heterocycles. The minimum atomic E-state index is -0.295. The molecule has 0 saturated carbocycles. The summed E-state index contributed by atoms with van der Waals surface area (Å²) in [6.07, 6.45) is 0.782. The van der Waals surface area contributed by atoms with Crippen LogP contribution in [0.4, 0.5) is 10.1 Å². The molecule has 0 saturated heterocycles. The number of halogens is 1. The Hall–Kier alpha value is -2.10.